The van der Waals surface area contributed by atoms with Gasteiger partial charge in [-0.25, -0.2) is 0 Å². The van der Waals surface area contributed by atoms with Gasteiger partial charge in [-0.05, 0) is 37.8 Å². The maximum atomic E-state index is 11.9. The second-order valence-corrected chi connectivity index (χ2v) is 5.58. The lowest BCUT2D eigenvalue weighted by Crippen LogP contribution is -2.54. The fraction of sp³-hybridized carbons (Fsp3) is 0.583. The lowest BCUT2D eigenvalue weighted by Gasteiger charge is -2.36. The minimum Gasteiger partial charge on any atom is -0.319 e. The van der Waals surface area contributed by atoms with Gasteiger partial charge in [-0.3, -0.25) is 4.79 Å². The SMILES string of the molecule is CCc1ccc(CC(=O)C2(N)CCC2)s1. The van der Waals surface area contributed by atoms with E-state index in [2.05, 4.69) is 19.1 Å². The van der Waals surface area contributed by atoms with Crippen LogP contribution in [0.1, 0.15) is 35.9 Å². The molecule has 1 heterocycles. The third-order valence-electron chi connectivity index (χ3n) is 3.20. The summed E-state index contributed by atoms with van der Waals surface area (Å²) >= 11 is 1.74. The minimum absolute atomic E-state index is 0.221. The Hall–Kier alpha value is -0.670. The van der Waals surface area contributed by atoms with Crippen LogP contribution in [0.5, 0.6) is 0 Å². The topological polar surface area (TPSA) is 43.1 Å². The summed E-state index contributed by atoms with van der Waals surface area (Å²) in [6, 6.07) is 4.17. The quantitative estimate of drug-likeness (QED) is 0.851. The highest BCUT2D eigenvalue weighted by molar-refractivity contribution is 7.12. The monoisotopic (exact) mass is 223 g/mol. The molecule has 0 bridgehead atoms. The molecule has 0 aliphatic heterocycles. The summed E-state index contributed by atoms with van der Waals surface area (Å²) < 4.78 is 0. The Morgan fingerprint density at radius 1 is 1.47 bits per heavy atom. The summed E-state index contributed by atoms with van der Waals surface area (Å²) in [4.78, 5) is 14.4. The van der Waals surface area contributed by atoms with Crippen LogP contribution in [0, 0.1) is 0 Å². The molecule has 2 rings (SSSR count). The van der Waals surface area contributed by atoms with Gasteiger partial charge in [0.25, 0.3) is 0 Å². The largest absolute Gasteiger partial charge is 0.319 e. The van der Waals surface area contributed by atoms with Crippen molar-refractivity contribution in [3.05, 3.63) is 21.9 Å². The van der Waals surface area contributed by atoms with E-state index < -0.39 is 5.54 Å². The zero-order valence-electron chi connectivity index (χ0n) is 9.08. The lowest BCUT2D eigenvalue weighted by atomic mass is 9.73. The molecule has 1 aromatic rings. The number of thiophene rings is 1. The molecule has 2 nitrogen and oxygen atoms in total. The predicted molar refractivity (Wildman–Crippen MR) is 63.2 cm³/mol. The highest BCUT2D eigenvalue weighted by Gasteiger charge is 2.39. The van der Waals surface area contributed by atoms with Gasteiger partial charge in [0.05, 0.1) is 5.54 Å². The van der Waals surface area contributed by atoms with Crippen molar-refractivity contribution in [3.63, 3.8) is 0 Å². The van der Waals surface area contributed by atoms with E-state index in [0.29, 0.717) is 6.42 Å². The van der Waals surface area contributed by atoms with E-state index in [1.54, 1.807) is 11.3 Å². The average molecular weight is 223 g/mol. The summed E-state index contributed by atoms with van der Waals surface area (Å²) in [6.07, 6.45) is 4.43. The van der Waals surface area contributed by atoms with E-state index >= 15 is 0 Å². The Morgan fingerprint density at radius 3 is 2.60 bits per heavy atom. The molecule has 0 unspecified atom stereocenters. The molecule has 15 heavy (non-hydrogen) atoms. The number of nitrogens with two attached hydrogens (primary N) is 1. The third-order valence-corrected chi connectivity index (χ3v) is 4.43. The van der Waals surface area contributed by atoms with E-state index in [1.807, 2.05) is 0 Å². The van der Waals surface area contributed by atoms with Crippen LogP contribution < -0.4 is 5.73 Å². The molecule has 1 saturated carbocycles. The van der Waals surface area contributed by atoms with Gasteiger partial charge in [0.15, 0.2) is 5.78 Å². The molecule has 0 radical (unpaired) electrons. The Labute approximate surface area is 94.5 Å². The maximum absolute atomic E-state index is 11.9. The molecule has 3 heteroatoms. The normalized spacial score (nSPS) is 18.5. The van der Waals surface area contributed by atoms with E-state index in [0.717, 1.165) is 30.6 Å². The van der Waals surface area contributed by atoms with Gasteiger partial charge in [-0.15, -0.1) is 11.3 Å². The number of hydrogen-bond acceptors (Lipinski definition) is 3. The van der Waals surface area contributed by atoms with Crippen molar-refractivity contribution < 1.29 is 4.79 Å². The number of ketones is 1. The molecule has 0 spiro atoms. The van der Waals surface area contributed by atoms with Crippen LogP contribution in [0.4, 0.5) is 0 Å². The predicted octanol–water partition coefficient (Wildman–Crippen LogP) is 2.30. The number of Topliss-reactive ketones (excluding diaryl/α,β-unsaturated/α-hetero) is 1. The van der Waals surface area contributed by atoms with Gasteiger partial charge in [-0.2, -0.15) is 0 Å². The van der Waals surface area contributed by atoms with Crippen LogP contribution in [-0.4, -0.2) is 11.3 Å². The first-order valence-corrected chi connectivity index (χ1v) is 6.35. The number of rotatable bonds is 4. The minimum atomic E-state index is -0.490. The third kappa shape index (κ3) is 2.13. The van der Waals surface area contributed by atoms with Crippen LogP contribution in [0.2, 0.25) is 0 Å². The van der Waals surface area contributed by atoms with E-state index in [4.69, 9.17) is 5.73 Å². The summed E-state index contributed by atoms with van der Waals surface area (Å²) in [6.45, 7) is 2.13. The first kappa shape index (κ1) is 10.8. The smallest absolute Gasteiger partial charge is 0.157 e. The highest BCUT2D eigenvalue weighted by Crippen LogP contribution is 2.31. The van der Waals surface area contributed by atoms with Crippen LogP contribution in [-0.2, 0) is 17.6 Å². The fourth-order valence-corrected chi connectivity index (χ4v) is 2.83. The van der Waals surface area contributed by atoms with Gasteiger partial charge >= 0.3 is 0 Å². The van der Waals surface area contributed by atoms with Crippen LogP contribution in [0.25, 0.3) is 0 Å². The zero-order chi connectivity index (χ0) is 10.9. The summed E-state index contributed by atoms with van der Waals surface area (Å²) in [5.74, 6) is 0.221. The Kier molecular flexibility index (Phi) is 2.94. The maximum Gasteiger partial charge on any atom is 0.157 e. The number of hydrogen-bond donors (Lipinski definition) is 1. The fourth-order valence-electron chi connectivity index (χ4n) is 1.88. The van der Waals surface area contributed by atoms with Crippen molar-refractivity contribution >= 4 is 17.1 Å². The first-order chi connectivity index (χ1) is 7.14. The van der Waals surface area contributed by atoms with E-state index in [-0.39, 0.29) is 5.78 Å². The highest BCUT2D eigenvalue weighted by atomic mass is 32.1. The molecule has 1 aliphatic carbocycles. The van der Waals surface area contributed by atoms with Crippen LogP contribution in [0.15, 0.2) is 12.1 Å². The molecule has 0 amide bonds. The average Bonchev–Trinajstić information content (AvgIpc) is 2.61. The van der Waals surface area contributed by atoms with Gasteiger partial charge in [0, 0.05) is 16.2 Å². The van der Waals surface area contributed by atoms with Crippen LogP contribution >= 0.6 is 11.3 Å². The molecule has 1 fully saturated rings. The van der Waals surface area contributed by atoms with Gasteiger partial charge < -0.3 is 5.73 Å². The van der Waals surface area contributed by atoms with Crippen molar-refractivity contribution in [2.45, 2.75) is 44.6 Å². The van der Waals surface area contributed by atoms with Crippen molar-refractivity contribution in [1.82, 2.24) is 0 Å². The molecule has 1 aromatic heterocycles. The number of aryl methyl sites for hydroxylation is 1. The number of carbonyl (C=O) groups is 1. The van der Waals surface area contributed by atoms with Crippen LogP contribution in [0.3, 0.4) is 0 Å². The van der Waals surface area contributed by atoms with Crippen molar-refractivity contribution in [3.8, 4) is 0 Å². The van der Waals surface area contributed by atoms with Crippen molar-refractivity contribution in [1.29, 1.82) is 0 Å². The number of carbonyl (C=O) groups excluding carboxylic acids is 1. The summed E-state index contributed by atoms with van der Waals surface area (Å²) in [5.41, 5.74) is 5.50. The van der Waals surface area contributed by atoms with Gasteiger partial charge in [0.2, 0.25) is 0 Å². The summed E-state index contributed by atoms with van der Waals surface area (Å²) in [7, 11) is 0. The molecule has 0 aromatic carbocycles. The van der Waals surface area contributed by atoms with E-state index in [1.165, 1.54) is 4.88 Å². The molecule has 1 aliphatic rings. The van der Waals surface area contributed by atoms with Gasteiger partial charge in [0.1, 0.15) is 0 Å². The Morgan fingerprint density at radius 2 is 2.13 bits per heavy atom. The second kappa shape index (κ2) is 4.06. The molecular weight excluding hydrogens is 206 g/mol. The molecular formula is C12H17NOS. The second-order valence-electron chi connectivity index (χ2n) is 4.33. The lowest BCUT2D eigenvalue weighted by molar-refractivity contribution is -0.126. The first-order valence-electron chi connectivity index (χ1n) is 5.54. The Balaban J connectivity index is 1.99. The molecule has 0 saturated heterocycles. The summed E-state index contributed by atoms with van der Waals surface area (Å²) in [5, 5.41) is 0. The molecule has 82 valence electrons. The van der Waals surface area contributed by atoms with Gasteiger partial charge in [-0.1, -0.05) is 6.92 Å². The van der Waals surface area contributed by atoms with Crippen molar-refractivity contribution in [2.75, 3.05) is 0 Å². The standard InChI is InChI=1S/C12H17NOS/c1-2-9-4-5-10(15-9)8-11(14)12(13)6-3-7-12/h4-5H,2-3,6-8,13H2,1H3. The van der Waals surface area contributed by atoms with Crippen molar-refractivity contribution in [2.24, 2.45) is 5.73 Å². The molecule has 0 atom stereocenters. The van der Waals surface area contributed by atoms with E-state index in [9.17, 15) is 4.79 Å². The Bertz CT molecular complexity index is 365. The molecule has 2 N–H and O–H groups in total. The zero-order valence-corrected chi connectivity index (χ0v) is 9.90.